The summed E-state index contributed by atoms with van der Waals surface area (Å²) in [7, 11) is 1.68. The molecule has 0 fully saturated rings. The lowest BCUT2D eigenvalue weighted by molar-refractivity contribution is -0.744. The lowest BCUT2D eigenvalue weighted by Gasteiger charge is -1.82. The van der Waals surface area contributed by atoms with Gasteiger partial charge in [0.05, 0.1) is 0 Å². The molecule has 54 valence electrons. The van der Waals surface area contributed by atoms with E-state index in [1.54, 1.807) is 14.0 Å². The third-order valence-corrected chi connectivity index (χ3v) is 1.18. The Bertz CT molecular complexity index is 254. The molecule has 0 aliphatic rings. The molecule has 0 amide bonds. The largest absolute Gasteiger partial charge is 0.775 e. The van der Waals surface area contributed by atoms with E-state index in [1.807, 2.05) is 0 Å². The van der Waals surface area contributed by atoms with Gasteiger partial charge in [-0.05, 0) is 0 Å². The molecule has 0 saturated carbocycles. The van der Waals surface area contributed by atoms with E-state index in [2.05, 4.69) is 20.2 Å². The molecule has 0 aliphatic heterocycles. The van der Waals surface area contributed by atoms with Gasteiger partial charge < -0.3 is 5.21 Å². The van der Waals surface area contributed by atoms with Crippen molar-refractivity contribution in [2.45, 2.75) is 6.92 Å². The first kappa shape index (κ1) is 6.66. The fourth-order valence-electron chi connectivity index (χ4n) is 0.493. The predicted molar refractivity (Wildman–Crippen MR) is 30.3 cm³/mol. The predicted octanol–water partition coefficient (Wildman–Crippen LogP) is 0.389. The van der Waals surface area contributed by atoms with E-state index >= 15 is 0 Å². The van der Waals surface area contributed by atoms with Gasteiger partial charge in [-0.3, -0.25) is 4.52 Å². The fraction of sp³-hybridized carbons (Fsp3) is 0.500. The smallest absolute Gasteiger partial charge is 0.342 e. The standard InChI is InChI=1S/C4H6N4O2/c1-3-4(5-6-9)10-7-8(3)2/h1-2H3. The molecule has 1 aromatic heterocycles. The average molecular weight is 142 g/mol. The normalized spacial score (nSPS) is 11.0. The second-order valence-corrected chi connectivity index (χ2v) is 1.77. The van der Waals surface area contributed by atoms with Crippen LogP contribution in [0.25, 0.3) is 0 Å². The van der Waals surface area contributed by atoms with Crippen LogP contribution in [0.5, 0.6) is 0 Å². The summed E-state index contributed by atoms with van der Waals surface area (Å²) in [4.78, 5) is 0. The van der Waals surface area contributed by atoms with Gasteiger partial charge in [0.25, 0.3) is 5.69 Å². The molecule has 0 atom stereocenters. The maximum absolute atomic E-state index is 9.62. The highest BCUT2D eigenvalue weighted by Gasteiger charge is 2.14. The van der Waals surface area contributed by atoms with Gasteiger partial charge >= 0.3 is 5.88 Å². The van der Waals surface area contributed by atoms with Gasteiger partial charge in [0.1, 0.15) is 0 Å². The van der Waals surface area contributed by atoms with Crippen LogP contribution in [0, 0.1) is 12.1 Å². The van der Waals surface area contributed by atoms with Crippen LogP contribution in [0.3, 0.4) is 0 Å². The van der Waals surface area contributed by atoms with Crippen LogP contribution >= 0.6 is 0 Å². The van der Waals surface area contributed by atoms with Crippen molar-refractivity contribution in [2.75, 3.05) is 0 Å². The van der Waals surface area contributed by atoms with Crippen molar-refractivity contribution in [2.24, 2.45) is 17.4 Å². The van der Waals surface area contributed by atoms with Crippen LogP contribution in [0.4, 0.5) is 5.88 Å². The van der Waals surface area contributed by atoms with Crippen molar-refractivity contribution in [3.63, 3.8) is 0 Å². The first-order chi connectivity index (χ1) is 4.75. The van der Waals surface area contributed by atoms with Crippen LogP contribution in [-0.4, -0.2) is 5.27 Å². The minimum atomic E-state index is 0.150. The van der Waals surface area contributed by atoms with E-state index < -0.39 is 0 Å². The van der Waals surface area contributed by atoms with Crippen LogP contribution in [0.15, 0.2) is 14.9 Å². The molecular formula is C4H6N4O2. The number of aryl methyl sites for hydroxylation is 1. The minimum absolute atomic E-state index is 0.150. The highest BCUT2D eigenvalue weighted by molar-refractivity contribution is 5.21. The molecule has 6 nitrogen and oxygen atoms in total. The van der Waals surface area contributed by atoms with E-state index in [4.69, 9.17) is 0 Å². The Hall–Kier alpha value is -1.46. The highest BCUT2D eigenvalue weighted by Crippen LogP contribution is 2.11. The first-order valence-electron chi connectivity index (χ1n) is 2.61. The maximum atomic E-state index is 9.62. The van der Waals surface area contributed by atoms with E-state index in [1.165, 1.54) is 4.68 Å². The molecule has 0 unspecified atom stereocenters. The summed E-state index contributed by atoms with van der Waals surface area (Å²) in [6.45, 7) is 1.72. The monoisotopic (exact) mass is 142 g/mol. The fourth-order valence-corrected chi connectivity index (χ4v) is 0.493. The molecule has 0 radical (unpaired) electrons. The van der Waals surface area contributed by atoms with Crippen LogP contribution in [0.2, 0.25) is 0 Å². The molecule has 0 spiro atoms. The van der Waals surface area contributed by atoms with Crippen LogP contribution in [0.1, 0.15) is 5.69 Å². The Morgan fingerprint density at radius 2 is 2.40 bits per heavy atom. The molecular weight excluding hydrogens is 136 g/mol. The Kier molecular flexibility index (Phi) is 1.61. The summed E-state index contributed by atoms with van der Waals surface area (Å²) in [5, 5.41) is 18.6. The quantitative estimate of drug-likeness (QED) is 0.323. The lowest BCUT2D eigenvalue weighted by Crippen LogP contribution is -2.32. The molecule has 0 N–H and O–H groups in total. The van der Waals surface area contributed by atoms with Gasteiger partial charge in [0.2, 0.25) is 5.27 Å². The van der Waals surface area contributed by atoms with E-state index in [0.717, 1.165) is 0 Å². The van der Waals surface area contributed by atoms with Gasteiger partial charge in [-0.15, -0.1) is 5.11 Å². The van der Waals surface area contributed by atoms with Crippen molar-refractivity contribution in [3.05, 3.63) is 10.9 Å². The Labute approximate surface area is 56.7 Å². The zero-order chi connectivity index (χ0) is 7.56. The minimum Gasteiger partial charge on any atom is -0.775 e. The molecule has 0 saturated heterocycles. The Morgan fingerprint density at radius 3 is 2.80 bits per heavy atom. The number of nitrogens with zero attached hydrogens (tertiary/aromatic N) is 4. The SMILES string of the molecule is Cc1c(/N=N/[O-])on[n+]1C. The van der Waals surface area contributed by atoms with Crippen molar-refractivity contribution in [1.82, 2.24) is 5.27 Å². The average Bonchev–Trinajstić information content (AvgIpc) is 2.20. The summed E-state index contributed by atoms with van der Waals surface area (Å²) in [6.07, 6.45) is 0. The molecule has 0 aliphatic carbocycles. The van der Waals surface area contributed by atoms with E-state index in [9.17, 15) is 5.21 Å². The molecule has 10 heavy (non-hydrogen) atoms. The topological polar surface area (TPSA) is 77.7 Å². The van der Waals surface area contributed by atoms with Gasteiger partial charge in [0.15, 0.2) is 7.05 Å². The summed E-state index contributed by atoms with van der Waals surface area (Å²) in [5.41, 5.74) is 0.666. The van der Waals surface area contributed by atoms with Crippen molar-refractivity contribution in [1.29, 1.82) is 0 Å². The maximum Gasteiger partial charge on any atom is 0.342 e. The zero-order valence-corrected chi connectivity index (χ0v) is 5.61. The second kappa shape index (κ2) is 2.42. The number of hydrogen-bond acceptors (Lipinski definition) is 5. The van der Waals surface area contributed by atoms with Gasteiger partial charge in [-0.1, -0.05) is 4.68 Å². The van der Waals surface area contributed by atoms with Gasteiger partial charge in [0, 0.05) is 6.92 Å². The van der Waals surface area contributed by atoms with E-state index in [-0.39, 0.29) is 5.88 Å². The highest BCUT2D eigenvalue weighted by atomic mass is 16.5. The van der Waals surface area contributed by atoms with Gasteiger partial charge in [-0.25, -0.2) is 5.28 Å². The molecule has 1 aromatic rings. The molecule has 0 aromatic carbocycles. The lowest BCUT2D eigenvalue weighted by atomic mass is 10.5. The summed E-state index contributed by atoms with van der Waals surface area (Å²) in [6, 6.07) is 0. The zero-order valence-electron chi connectivity index (χ0n) is 5.61. The number of rotatable bonds is 1. The molecule has 0 bridgehead atoms. The van der Waals surface area contributed by atoms with Crippen LogP contribution < -0.4 is 4.68 Å². The second-order valence-electron chi connectivity index (χ2n) is 1.77. The Balaban J connectivity index is 3.05. The summed E-state index contributed by atoms with van der Waals surface area (Å²) < 4.78 is 6.05. The molecule has 6 heteroatoms. The number of aromatic nitrogens is 2. The Morgan fingerprint density at radius 1 is 1.70 bits per heavy atom. The number of hydrogen-bond donors (Lipinski definition) is 0. The van der Waals surface area contributed by atoms with E-state index in [0.29, 0.717) is 5.69 Å². The third kappa shape index (κ3) is 0.949. The molecule has 1 heterocycles. The van der Waals surface area contributed by atoms with Crippen LogP contribution in [-0.2, 0) is 7.05 Å². The van der Waals surface area contributed by atoms with Gasteiger partial charge in [-0.2, -0.15) is 0 Å². The van der Waals surface area contributed by atoms with Crippen molar-refractivity contribution < 1.29 is 9.20 Å². The third-order valence-electron chi connectivity index (χ3n) is 1.18. The summed E-state index contributed by atoms with van der Waals surface area (Å²) >= 11 is 0. The molecule has 1 rings (SSSR count). The summed E-state index contributed by atoms with van der Waals surface area (Å²) in [5.74, 6) is 0.150. The van der Waals surface area contributed by atoms with Crippen molar-refractivity contribution >= 4 is 5.88 Å². The first-order valence-corrected chi connectivity index (χ1v) is 2.61. The van der Waals surface area contributed by atoms with Crippen molar-refractivity contribution in [3.8, 4) is 0 Å².